The van der Waals surface area contributed by atoms with E-state index in [2.05, 4.69) is 10.2 Å². The highest BCUT2D eigenvalue weighted by Crippen LogP contribution is 2.22. The van der Waals surface area contributed by atoms with Gasteiger partial charge in [0.15, 0.2) is 0 Å². The van der Waals surface area contributed by atoms with Crippen molar-refractivity contribution in [1.82, 2.24) is 10.2 Å². The number of amides is 1. The summed E-state index contributed by atoms with van der Waals surface area (Å²) in [5, 5.41) is 3.42. The van der Waals surface area contributed by atoms with E-state index in [1.807, 2.05) is 0 Å². The number of nitrogens with zero attached hydrogens (tertiary/aromatic N) is 1. The first kappa shape index (κ1) is 13.8. The fourth-order valence-electron chi connectivity index (χ4n) is 3.23. The Labute approximate surface area is 110 Å². The number of hydrogen-bond donors (Lipinski definition) is 2. The Bertz CT molecular complexity index is 256. The molecular formula is C14H27N3O. The van der Waals surface area contributed by atoms with Crippen LogP contribution in [-0.4, -0.2) is 43.5 Å². The number of carbonyl (C=O) groups is 1. The van der Waals surface area contributed by atoms with Crippen molar-refractivity contribution in [1.29, 1.82) is 0 Å². The Morgan fingerprint density at radius 1 is 1.11 bits per heavy atom. The van der Waals surface area contributed by atoms with Crippen LogP contribution in [0.2, 0.25) is 0 Å². The lowest BCUT2D eigenvalue weighted by Gasteiger charge is -2.33. The third kappa shape index (κ3) is 4.58. The van der Waals surface area contributed by atoms with Crippen LogP contribution >= 0.6 is 0 Å². The largest absolute Gasteiger partial charge is 0.370 e. The molecule has 0 aromatic rings. The van der Waals surface area contributed by atoms with E-state index in [1.165, 1.54) is 38.9 Å². The van der Waals surface area contributed by atoms with Gasteiger partial charge in [0, 0.05) is 6.42 Å². The van der Waals surface area contributed by atoms with Gasteiger partial charge in [0.1, 0.15) is 0 Å². The zero-order valence-electron chi connectivity index (χ0n) is 11.4. The molecule has 0 aromatic heterocycles. The zero-order chi connectivity index (χ0) is 12.8. The minimum Gasteiger partial charge on any atom is -0.370 e. The molecule has 1 amide bonds. The number of nitrogens with two attached hydrogens (primary N) is 1. The maximum absolute atomic E-state index is 10.9. The van der Waals surface area contributed by atoms with E-state index in [-0.39, 0.29) is 5.91 Å². The lowest BCUT2D eigenvalue weighted by atomic mass is 9.91. The number of rotatable bonds is 5. The van der Waals surface area contributed by atoms with Gasteiger partial charge in [-0.2, -0.15) is 0 Å². The highest BCUT2D eigenvalue weighted by atomic mass is 16.1. The van der Waals surface area contributed by atoms with Crippen LogP contribution in [0, 0.1) is 11.8 Å². The smallest absolute Gasteiger partial charge is 0.217 e. The third-order valence-corrected chi connectivity index (χ3v) is 4.51. The first-order valence-corrected chi connectivity index (χ1v) is 7.45. The number of primary amides is 1. The Balaban J connectivity index is 1.59. The lowest BCUT2D eigenvalue weighted by Crippen LogP contribution is -2.37. The predicted octanol–water partition coefficient (Wildman–Crippen LogP) is 0.963. The van der Waals surface area contributed by atoms with E-state index in [0.717, 1.165) is 31.8 Å². The molecular weight excluding hydrogens is 226 g/mol. The normalized spacial score (nSPS) is 24.2. The van der Waals surface area contributed by atoms with Crippen LogP contribution < -0.4 is 11.1 Å². The highest BCUT2D eigenvalue weighted by Gasteiger charge is 2.21. The third-order valence-electron chi connectivity index (χ3n) is 4.51. The van der Waals surface area contributed by atoms with Gasteiger partial charge in [0.05, 0.1) is 0 Å². The first-order valence-electron chi connectivity index (χ1n) is 7.45. The summed E-state index contributed by atoms with van der Waals surface area (Å²) < 4.78 is 0. The van der Waals surface area contributed by atoms with Crippen molar-refractivity contribution < 1.29 is 4.79 Å². The van der Waals surface area contributed by atoms with E-state index >= 15 is 0 Å². The number of hydrogen-bond acceptors (Lipinski definition) is 3. The molecule has 0 unspecified atom stereocenters. The van der Waals surface area contributed by atoms with E-state index in [1.54, 1.807) is 0 Å². The Morgan fingerprint density at radius 2 is 1.78 bits per heavy atom. The molecule has 3 N–H and O–H groups in total. The van der Waals surface area contributed by atoms with Crippen LogP contribution in [0.15, 0.2) is 0 Å². The minimum absolute atomic E-state index is 0.136. The Hall–Kier alpha value is -0.610. The topological polar surface area (TPSA) is 58.4 Å². The maximum atomic E-state index is 10.9. The van der Waals surface area contributed by atoms with Gasteiger partial charge in [-0.25, -0.2) is 0 Å². The molecule has 2 saturated heterocycles. The fraction of sp³-hybridized carbons (Fsp3) is 0.929. The van der Waals surface area contributed by atoms with E-state index in [4.69, 9.17) is 5.73 Å². The monoisotopic (exact) mass is 253 g/mol. The molecule has 0 aromatic carbocycles. The Morgan fingerprint density at radius 3 is 2.39 bits per heavy atom. The molecule has 4 nitrogen and oxygen atoms in total. The average molecular weight is 253 g/mol. The molecule has 2 aliphatic heterocycles. The molecule has 0 bridgehead atoms. The summed E-state index contributed by atoms with van der Waals surface area (Å²) in [5.74, 6) is 1.33. The van der Waals surface area contributed by atoms with Gasteiger partial charge in [-0.05, 0) is 76.7 Å². The molecule has 0 atom stereocenters. The van der Waals surface area contributed by atoms with Crippen LogP contribution in [0.5, 0.6) is 0 Å². The second-order valence-corrected chi connectivity index (χ2v) is 5.94. The molecule has 18 heavy (non-hydrogen) atoms. The average Bonchev–Trinajstić information content (AvgIpc) is 2.38. The van der Waals surface area contributed by atoms with Gasteiger partial charge in [-0.3, -0.25) is 4.79 Å². The summed E-state index contributed by atoms with van der Waals surface area (Å²) >= 11 is 0. The van der Waals surface area contributed by atoms with Gasteiger partial charge in [0.25, 0.3) is 0 Å². The molecule has 0 radical (unpaired) electrons. The van der Waals surface area contributed by atoms with Gasteiger partial charge in [0.2, 0.25) is 5.91 Å². The molecule has 0 saturated carbocycles. The van der Waals surface area contributed by atoms with Crippen molar-refractivity contribution in [3.63, 3.8) is 0 Å². The molecule has 2 fully saturated rings. The summed E-state index contributed by atoms with van der Waals surface area (Å²) in [6, 6.07) is 0. The van der Waals surface area contributed by atoms with Crippen LogP contribution in [-0.2, 0) is 4.79 Å². The summed E-state index contributed by atoms with van der Waals surface area (Å²) in [5.41, 5.74) is 5.26. The van der Waals surface area contributed by atoms with Crippen molar-refractivity contribution in [2.45, 2.75) is 38.5 Å². The Kier molecular flexibility index (Phi) is 5.45. The summed E-state index contributed by atoms with van der Waals surface area (Å²) in [7, 11) is 0. The van der Waals surface area contributed by atoms with Crippen LogP contribution in [0.3, 0.4) is 0 Å². The van der Waals surface area contributed by atoms with Crippen molar-refractivity contribution >= 4 is 5.91 Å². The molecule has 2 rings (SSSR count). The maximum Gasteiger partial charge on any atom is 0.217 e. The molecule has 0 aliphatic carbocycles. The molecule has 2 heterocycles. The SMILES string of the molecule is NC(=O)CC1CCN(CCC2CCNCC2)CC1. The van der Waals surface area contributed by atoms with Gasteiger partial charge in [-0.1, -0.05) is 0 Å². The van der Waals surface area contributed by atoms with Crippen molar-refractivity contribution in [2.24, 2.45) is 17.6 Å². The first-order chi connectivity index (χ1) is 8.74. The quantitative estimate of drug-likeness (QED) is 0.767. The zero-order valence-corrected chi connectivity index (χ0v) is 11.4. The van der Waals surface area contributed by atoms with Crippen molar-refractivity contribution in [3.8, 4) is 0 Å². The second kappa shape index (κ2) is 7.10. The van der Waals surface area contributed by atoms with Crippen LogP contribution in [0.4, 0.5) is 0 Å². The summed E-state index contributed by atoms with van der Waals surface area (Å²) in [4.78, 5) is 13.5. The second-order valence-electron chi connectivity index (χ2n) is 5.94. The molecule has 2 aliphatic rings. The summed E-state index contributed by atoms with van der Waals surface area (Å²) in [6.45, 7) is 5.95. The number of carbonyl (C=O) groups excluding carboxylic acids is 1. The number of nitrogens with one attached hydrogen (secondary N) is 1. The standard InChI is InChI=1S/C14H27N3O/c15-14(18)11-13-4-9-17(10-5-13)8-3-12-1-6-16-7-2-12/h12-13,16H,1-11H2,(H2,15,18). The van der Waals surface area contributed by atoms with E-state index in [9.17, 15) is 4.79 Å². The van der Waals surface area contributed by atoms with Crippen LogP contribution in [0.25, 0.3) is 0 Å². The van der Waals surface area contributed by atoms with E-state index < -0.39 is 0 Å². The number of piperidine rings is 2. The molecule has 104 valence electrons. The van der Waals surface area contributed by atoms with Gasteiger partial charge in [-0.15, -0.1) is 0 Å². The molecule has 4 heteroatoms. The molecule has 0 spiro atoms. The van der Waals surface area contributed by atoms with E-state index in [0.29, 0.717) is 12.3 Å². The minimum atomic E-state index is -0.136. The highest BCUT2D eigenvalue weighted by molar-refractivity contribution is 5.73. The number of likely N-dealkylation sites (tertiary alicyclic amines) is 1. The van der Waals surface area contributed by atoms with Gasteiger partial charge < -0.3 is 16.0 Å². The predicted molar refractivity (Wildman–Crippen MR) is 73.2 cm³/mol. The fourth-order valence-corrected chi connectivity index (χ4v) is 3.23. The van der Waals surface area contributed by atoms with Crippen molar-refractivity contribution in [2.75, 3.05) is 32.7 Å². The van der Waals surface area contributed by atoms with Crippen molar-refractivity contribution in [3.05, 3.63) is 0 Å². The van der Waals surface area contributed by atoms with Crippen LogP contribution in [0.1, 0.15) is 38.5 Å². The lowest BCUT2D eigenvalue weighted by molar-refractivity contribution is -0.119. The van der Waals surface area contributed by atoms with Gasteiger partial charge >= 0.3 is 0 Å². The summed E-state index contributed by atoms with van der Waals surface area (Å²) in [6.07, 6.45) is 6.92.